The maximum absolute atomic E-state index is 12.2. The van der Waals surface area contributed by atoms with Crippen LogP contribution in [-0.4, -0.2) is 58.7 Å². The number of hydrogen-bond acceptors (Lipinski definition) is 5. The zero-order valence-electron chi connectivity index (χ0n) is 12.6. The minimum Gasteiger partial charge on any atom is -0.409 e. The van der Waals surface area contributed by atoms with Crippen LogP contribution in [0, 0.1) is 0 Å². The highest BCUT2D eigenvalue weighted by atomic mass is 32.2. The third kappa shape index (κ3) is 3.83. The monoisotopic (exact) mass is 315 g/mol. The summed E-state index contributed by atoms with van der Waals surface area (Å²) in [6.07, 6.45) is 7.26. The van der Waals surface area contributed by atoms with Gasteiger partial charge in [-0.1, -0.05) is 5.16 Å². The molecular weight excluding hydrogens is 290 g/mol. The largest absolute Gasteiger partial charge is 0.409 e. The van der Waals surface area contributed by atoms with E-state index in [1.165, 1.54) is 0 Å². The summed E-state index contributed by atoms with van der Waals surface area (Å²) in [5, 5.41) is 12.1. The summed E-state index contributed by atoms with van der Waals surface area (Å²) in [4.78, 5) is 14.1. The van der Waals surface area contributed by atoms with Gasteiger partial charge in [0.05, 0.1) is 10.9 Å². The van der Waals surface area contributed by atoms with Crippen molar-refractivity contribution in [3.63, 3.8) is 0 Å². The third-order valence-corrected chi connectivity index (χ3v) is 5.99. The Bertz CT molecular complexity index is 389. The molecule has 0 aromatic carbocycles. The summed E-state index contributed by atoms with van der Waals surface area (Å²) in [5.74, 6) is 0.459. The molecule has 0 spiro atoms. The molecule has 0 radical (unpaired) electrons. The number of hydrogen-bond donors (Lipinski definition) is 2. The van der Waals surface area contributed by atoms with Crippen molar-refractivity contribution in [2.75, 3.05) is 26.0 Å². The number of amidine groups is 1. The fourth-order valence-corrected chi connectivity index (χ4v) is 3.93. The number of carbonyl (C=O) groups is 1. The van der Waals surface area contributed by atoms with Crippen LogP contribution in [-0.2, 0) is 9.53 Å². The Balaban J connectivity index is 1.80. The summed E-state index contributed by atoms with van der Waals surface area (Å²) in [6, 6.07) is 0. The van der Waals surface area contributed by atoms with E-state index in [4.69, 9.17) is 15.7 Å². The Morgan fingerprint density at radius 1 is 1.52 bits per heavy atom. The zero-order valence-corrected chi connectivity index (χ0v) is 13.4. The van der Waals surface area contributed by atoms with E-state index in [9.17, 15) is 4.79 Å². The number of amides is 1. The number of thioether (sulfide) groups is 1. The highest BCUT2D eigenvalue weighted by Crippen LogP contribution is 2.35. The van der Waals surface area contributed by atoms with Gasteiger partial charge in [0.15, 0.2) is 5.84 Å². The van der Waals surface area contributed by atoms with Crippen LogP contribution >= 0.6 is 11.8 Å². The second kappa shape index (κ2) is 7.35. The fraction of sp³-hybridized carbons (Fsp3) is 0.857. The minimum absolute atomic E-state index is 0.194. The molecule has 2 rings (SSSR count). The van der Waals surface area contributed by atoms with Crippen LogP contribution in [0.15, 0.2) is 5.16 Å². The molecule has 1 amide bonds. The summed E-state index contributed by atoms with van der Waals surface area (Å²) < 4.78 is 5.22. The fourth-order valence-electron chi connectivity index (χ4n) is 3.09. The normalized spacial score (nSPS) is 26.0. The zero-order chi connectivity index (χ0) is 15.3. The van der Waals surface area contributed by atoms with Crippen LogP contribution in [0.25, 0.3) is 0 Å². The lowest BCUT2D eigenvalue weighted by Gasteiger charge is -2.39. The summed E-state index contributed by atoms with van der Waals surface area (Å²) >= 11 is 1.60. The molecule has 120 valence electrons. The van der Waals surface area contributed by atoms with E-state index in [2.05, 4.69) is 5.16 Å². The van der Waals surface area contributed by atoms with Crippen molar-refractivity contribution in [1.29, 1.82) is 0 Å². The van der Waals surface area contributed by atoms with E-state index >= 15 is 0 Å². The Morgan fingerprint density at radius 3 is 2.76 bits per heavy atom. The van der Waals surface area contributed by atoms with E-state index in [0.717, 1.165) is 38.7 Å². The highest BCUT2D eigenvalue weighted by molar-refractivity contribution is 8.00. The molecule has 1 atom stereocenters. The Kier molecular flexibility index (Phi) is 5.75. The number of oxime groups is 1. The predicted octanol–water partition coefficient (Wildman–Crippen LogP) is 1.42. The van der Waals surface area contributed by atoms with Crippen molar-refractivity contribution >= 4 is 23.5 Å². The number of ether oxygens (including phenoxy) is 1. The number of piperidine rings is 1. The van der Waals surface area contributed by atoms with Gasteiger partial charge in [-0.2, -0.15) is 11.8 Å². The second-order valence-electron chi connectivity index (χ2n) is 5.74. The predicted molar refractivity (Wildman–Crippen MR) is 83.7 cm³/mol. The van der Waals surface area contributed by atoms with E-state index in [1.807, 2.05) is 11.2 Å². The van der Waals surface area contributed by atoms with Gasteiger partial charge in [-0.15, -0.1) is 0 Å². The van der Waals surface area contributed by atoms with Crippen molar-refractivity contribution in [2.45, 2.75) is 49.4 Å². The van der Waals surface area contributed by atoms with Gasteiger partial charge in [0, 0.05) is 26.1 Å². The number of carbonyl (C=O) groups excluding carboxylic acids is 1. The van der Waals surface area contributed by atoms with Gasteiger partial charge in [-0.05, 0) is 38.4 Å². The van der Waals surface area contributed by atoms with Crippen molar-refractivity contribution in [3.8, 4) is 0 Å². The second-order valence-corrected chi connectivity index (χ2v) is 6.93. The van der Waals surface area contributed by atoms with Gasteiger partial charge >= 0.3 is 0 Å². The average molecular weight is 315 g/mol. The van der Waals surface area contributed by atoms with Gasteiger partial charge in [0.2, 0.25) is 5.91 Å². The molecule has 7 heteroatoms. The van der Waals surface area contributed by atoms with Crippen LogP contribution < -0.4 is 5.73 Å². The van der Waals surface area contributed by atoms with Crippen molar-refractivity contribution in [2.24, 2.45) is 10.9 Å². The molecule has 2 heterocycles. The number of rotatable bonds is 5. The van der Waals surface area contributed by atoms with Crippen molar-refractivity contribution in [3.05, 3.63) is 0 Å². The lowest BCUT2D eigenvalue weighted by Crippen LogP contribution is -2.51. The van der Waals surface area contributed by atoms with Gasteiger partial charge in [0.1, 0.15) is 0 Å². The molecule has 2 fully saturated rings. The number of nitrogens with two attached hydrogens (primary N) is 1. The summed E-state index contributed by atoms with van der Waals surface area (Å²) in [5.41, 5.74) is 5.82. The Morgan fingerprint density at radius 2 is 2.24 bits per heavy atom. The Hall–Kier alpha value is -0.950. The molecule has 3 N–H and O–H groups in total. The molecule has 21 heavy (non-hydrogen) atoms. The lowest BCUT2D eigenvalue weighted by molar-refractivity contribution is -0.132. The Labute approximate surface area is 130 Å². The first kappa shape index (κ1) is 16.4. The standard InChI is InChI=1S/C14H25N3O3S/c1-21-14(13(15)16-19)6-8-17(9-7-14)12(18)5-4-11-3-2-10-20-11/h11,19H,2-10H2,1H3,(H2,15,16). The molecule has 0 aromatic rings. The van der Waals surface area contributed by atoms with E-state index in [-0.39, 0.29) is 22.6 Å². The molecule has 1 unspecified atom stereocenters. The average Bonchev–Trinajstić information content (AvgIpc) is 3.05. The van der Waals surface area contributed by atoms with Crippen LogP contribution in [0.3, 0.4) is 0 Å². The van der Waals surface area contributed by atoms with Gasteiger partial charge < -0.3 is 20.6 Å². The molecule has 0 aromatic heterocycles. The van der Waals surface area contributed by atoms with Gasteiger partial charge in [-0.25, -0.2) is 0 Å². The maximum atomic E-state index is 12.2. The van der Waals surface area contributed by atoms with E-state index < -0.39 is 0 Å². The smallest absolute Gasteiger partial charge is 0.222 e. The summed E-state index contributed by atoms with van der Waals surface area (Å²) in [7, 11) is 0. The molecule has 0 bridgehead atoms. The quantitative estimate of drug-likeness (QED) is 0.347. The topological polar surface area (TPSA) is 88.2 Å². The molecule has 2 saturated heterocycles. The van der Waals surface area contributed by atoms with Crippen molar-refractivity contribution in [1.82, 2.24) is 4.90 Å². The molecule has 0 saturated carbocycles. The van der Waals surface area contributed by atoms with Crippen LogP contribution in [0.4, 0.5) is 0 Å². The molecule has 0 aliphatic carbocycles. The van der Waals surface area contributed by atoms with Crippen LogP contribution in [0.1, 0.15) is 38.5 Å². The molecular formula is C14H25N3O3S. The first-order chi connectivity index (χ1) is 10.1. The van der Waals surface area contributed by atoms with Crippen LogP contribution in [0.5, 0.6) is 0 Å². The SMILES string of the molecule is CSC1(C(N)=NO)CCN(C(=O)CCC2CCCO2)CC1. The first-order valence-corrected chi connectivity index (χ1v) is 8.76. The molecule has 2 aliphatic heterocycles. The van der Waals surface area contributed by atoms with Gasteiger partial charge in [-0.3, -0.25) is 4.79 Å². The molecule has 6 nitrogen and oxygen atoms in total. The van der Waals surface area contributed by atoms with E-state index in [0.29, 0.717) is 19.5 Å². The third-order valence-electron chi connectivity index (χ3n) is 4.59. The van der Waals surface area contributed by atoms with E-state index in [1.54, 1.807) is 11.8 Å². The molecule has 2 aliphatic rings. The first-order valence-electron chi connectivity index (χ1n) is 7.54. The minimum atomic E-state index is -0.333. The number of nitrogens with zero attached hydrogens (tertiary/aromatic N) is 2. The van der Waals surface area contributed by atoms with Gasteiger partial charge in [0.25, 0.3) is 0 Å². The van der Waals surface area contributed by atoms with Crippen LogP contribution in [0.2, 0.25) is 0 Å². The van der Waals surface area contributed by atoms with Crippen molar-refractivity contribution < 1.29 is 14.7 Å². The summed E-state index contributed by atoms with van der Waals surface area (Å²) in [6.45, 7) is 2.17. The highest BCUT2D eigenvalue weighted by Gasteiger charge is 2.39. The number of likely N-dealkylation sites (tertiary alicyclic amines) is 1. The maximum Gasteiger partial charge on any atom is 0.222 e. The lowest BCUT2D eigenvalue weighted by atomic mass is 9.94.